The van der Waals surface area contributed by atoms with E-state index in [9.17, 15) is 24.1 Å². The molecule has 0 atom stereocenters. The fourth-order valence-corrected chi connectivity index (χ4v) is 1.43. The molecule has 0 spiro atoms. The lowest BCUT2D eigenvalue weighted by Crippen LogP contribution is -2.08. The van der Waals surface area contributed by atoms with E-state index in [-0.39, 0.29) is 12.0 Å². The lowest BCUT2D eigenvalue weighted by molar-refractivity contribution is -0.385. The van der Waals surface area contributed by atoms with Crippen molar-refractivity contribution < 1.29 is 23.6 Å². The molecule has 0 saturated carbocycles. The van der Waals surface area contributed by atoms with E-state index in [0.717, 1.165) is 13.2 Å². The first-order valence-corrected chi connectivity index (χ1v) is 5.38. The second-order valence-electron chi connectivity index (χ2n) is 3.71. The van der Waals surface area contributed by atoms with Crippen molar-refractivity contribution in [2.75, 3.05) is 7.11 Å². The number of hydrogen-bond acceptors (Lipinski definition) is 5. The number of benzene rings is 1. The van der Waals surface area contributed by atoms with E-state index in [0.29, 0.717) is 6.07 Å². The van der Waals surface area contributed by atoms with Crippen molar-refractivity contribution in [2.24, 2.45) is 5.73 Å². The predicted octanol–water partition coefficient (Wildman–Crippen LogP) is 1.41. The highest BCUT2D eigenvalue weighted by atomic mass is 19.1. The summed E-state index contributed by atoms with van der Waals surface area (Å²) in [4.78, 5) is 31.9. The maximum Gasteiger partial charge on any atom is 0.344 e. The zero-order valence-electron chi connectivity index (χ0n) is 10.5. The van der Waals surface area contributed by atoms with E-state index in [1.807, 2.05) is 0 Å². The number of nitrogens with zero attached hydrogens (tertiary/aromatic N) is 1. The van der Waals surface area contributed by atoms with Crippen LogP contribution in [0, 0.1) is 15.9 Å². The molecule has 8 heteroatoms. The van der Waals surface area contributed by atoms with E-state index in [2.05, 4.69) is 4.74 Å². The van der Waals surface area contributed by atoms with Gasteiger partial charge in [-0.15, -0.1) is 0 Å². The van der Waals surface area contributed by atoms with Crippen molar-refractivity contribution in [1.29, 1.82) is 0 Å². The van der Waals surface area contributed by atoms with Gasteiger partial charge in [-0.1, -0.05) is 12.2 Å². The Hall–Kier alpha value is -2.77. The molecule has 0 saturated heterocycles. The molecule has 1 rings (SSSR count). The van der Waals surface area contributed by atoms with Gasteiger partial charge in [-0.3, -0.25) is 14.9 Å². The summed E-state index contributed by atoms with van der Waals surface area (Å²) >= 11 is 0. The summed E-state index contributed by atoms with van der Waals surface area (Å²) in [5.41, 5.74) is 3.70. The van der Waals surface area contributed by atoms with Crippen LogP contribution in [0.25, 0.3) is 6.08 Å². The summed E-state index contributed by atoms with van der Waals surface area (Å²) in [5, 5.41) is 10.9. The minimum absolute atomic E-state index is 0.133. The fraction of sp³-hybridized carbons (Fsp3) is 0.167. The van der Waals surface area contributed by atoms with Gasteiger partial charge >= 0.3 is 5.97 Å². The highest BCUT2D eigenvalue weighted by Crippen LogP contribution is 2.24. The van der Waals surface area contributed by atoms with Crippen molar-refractivity contribution >= 4 is 23.6 Å². The number of nitrogens with two attached hydrogens (primary N) is 1. The third kappa shape index (κ3) is 3.61. The Balaban J connectivity index is 3.26. The molecule has 0 radical (unpaired) electrons. The van der Waals surface area contributed by atoms with Gasteiger partial charge in [-0.25, -0.2) is 9.18 Å². The Morgan fingerprint density at radius 2 is 2.15 bits per heavy atom. The summed E-state index contributed by atoms with van der Waals surface area (Å²) in [6.07, 6.45) is 2.31. The molecule has 1 amide bonds. The van der Waals surface area contributed by atoms with Gasteiger partial charge in [0.1, 0.15) is 11.4 Å². The Labute approximate surface area is 113 Å². The minimum Gasteiger partial charge on any atom is -0.465 e. The van der Waals surface area contributed by atoms with E-state index in [1.165, 1.54) is 12.2 Å². The van der Waals surface area contributed by atoms with Crippen LogP contribution < -0.4 is 5.73 Å². The topological polar surface area (TPSA) is 113 Å². The highest BCUT2D eigenvalue weighted by Gasteiger charge is 2.23. The first-order chi connectivity index (χ1) is 9.36. The number of rotatable bonds is 5. The summed E-state index contributed by atoms with van der Waals surface area (Å²) in [5.74, 6) is -2.48. The van der Waals surface area contributed by atoms with Crippen LogP contribution in [0.3, 0.4) is 0 Å². The molecule has 1 aromatic rings. The quantitative estimate of drug-likeness (QED) is 0.498. The van der Waals surface area contributed by atoms with Gasteiger partial charge in [-0.05, 0) is 6.07 Å². The van der Waals surface area contributed by atoms with E-state index >= 15 is 0 Å². The molecule has 2 N–H and O–H groups in total. The van der Waals surface area contributed by atoms with Crippen LogP contribution in [0.5, 0.6) is 0 Å². The second-order valence-corrected chi connectivity index (χ2v) is 3.71. The van der Waals surface area contributed by atoms with Crippen LogP contribution in [0.15, 0.2) is 18.2 Å². The lowest BCUT2D eigenvalue weighted by Gasteiger charge is -2.03. The van der Waals surface area contributed by atoms with Gasteiger partial charge in [0, 0.05) is 18.1 Å². The number of carbonyl (C=O) groups excluding carboxylic acids is 2. The predicted molar refractivity (Wildman–Crippen MR) is 67.2 cm³/mol. The second kappa shape index (κ2) is 6.41. The molecule has 20 heavy (non-hydrogen) atoms. The maximum absolute atomic E-state index is 13.7. The first kappa shape index (κ1) is 15.3. The zero-order valence-corrected chi connectivity index (χ0v) is 10.5. The molecular weight excluding hydrogens is 271 g/mol. The van der Waals surface area contributed by atoms with Crippen molar-refractivity contribution in [3.05, 3.63) is 45.3 Å². The SMILES string of the molecule is COC(=O)c1cc(F)c(C=CCC(N)=O)cc1[N+](=O)[O-]. The highest BCUT2D eigenvalue weighted by molar-refractivity contribution is 5.94. The van der Waals surface area contributed by atoms with E-state index in [1.54, 1.807) is 0 Å². The molecule has 0 aliphatic carbocycles. The summed E-state index contributed by atoms with van der Waals surface area (Å²) in [6, 6.07) is 1.60. The molecule has 0 aliphatic heterocycles. The Kier molecular flexibility index (Phi) is 4.90. The smallest absolute Gasteiger partial charge is 0.344 e. The van der Waals surface area contributed by atoms with E-state index in [4.69, 9.17) is 5.73 Å². The first-order valence-electron chi connectivity index (χ1n) is 5.38. The van der Waals surface area contributed by atoms with Crippen LogP contribution in [-0.2, 0) is 9.53 Å². The lowest BCUT2D eigenvalue weighted by atomic mass is 10.1. The van der Waals surface area contributed by atoms with Crippen LogP contribution in [-0.4, -0.2) is 23.9 Å². The standard InChI is InChI=1S/C12H11FN2O5/c1-20-12(17)8-6-9(13)7(3-2-4-11(14)16)5-10(8)15(18)19/h2-3,5-6H,4H2,1H3,(H2,14,16). The van der Waals surface area contributed by atoms with Gasteiger partial charge in [-0.2, -0.15) is 0 Å². The van der Waals surface area contributed by atoms with Crippen LogP contribution in [0.1, 0.15) is 22.3 Å². The normalized spacial score (nSPS) is 10.5. The van der Waals surface area contributed by atoms with Crippen molar-refractivity contribution in [3.8, 4) is 0 Å². The number of methoxy groups -OCH3 is 1. The van der Waals surface area contributed by atoms with Crippen molar-refractivity contribution in [1.82, 2.24) is 0 Å². The van der Waals surface area contributed by atoms with Gasteiger partial charge in [0.05, 0.1) is 12.0 Å². The molecule has 0 aliphatic rings. The number of ether oxygens (including phenoxy) is 1. The molecule has 1 aromatic carbocycles. The summed E-state index contributed by atoms with van der Waals surface area (Å²) < 4.78 is 18.1. The number of halogens is 1. The molecule has 0 heterocycles. The maximum atomic E-state index is 13.7. The number of esters is 1. The molecular formula is C12H11FN2O5. The minimum atomic E-state index is -1.01. The average Bonchev–Trinajstić information content (AvgIpc) is 2.38. The molecule has 106 valence electrons. The fourth-order valence-electron chi connectivity index (χ4n) is 1.43. The Bertz CT molecular complexity index is 598. The van der Waals surface area contributed by atoms with Gasteiger partial charge in [0.2, 0.25) is 5.91 Å². The molecule has 0 aromatic heterocycles. The average molecular weight is 282 g/mol. The van der Waals surface area contributed by atoms with Crippen molar-refractivity contribution in [2.45, 2.75) is 6.42 Å². The third-order valence-electron chi connectivity index (χ3n) is 2.33. The number of amides is 1. The number of primary amides is 1. The van der Waals surface area contributed by atoms with Gasteiger partial charge < -0.3 is 10.5 Å². The van der Waals surface area contributed by atoms with Crippen LogP contribution >= 0.6 is 0 Å². The summed E-state index contributed by atoms with van der Waals surface area (Å²) in [6.45, 7) is 0. The molecule has 0 fully saturated rings. The van der Waals surface area contributed by atoms with Crippen molar-refractivity contribution in [3.63, 3.8) is 0 Å². The zero-order chi connectivity index (χ0) is 15.3. The third-order valence-corrected chi connectivity index (χ3v) is 2.33. The Morgan fingerprint density at radius 3 is 2.65 bits per heavy atom. The molecule has 0 bridgehead atoms. The number of nitro benzene ring substituents is 1. The molecule has 0 unspecified atom stereocenters. The summed E-state index contributed by atoms with van der Waals surface area (Å²) in [7, 11) is 1.03. The van der Waals surface area contributed by atoms with Gasteiger partial charge in [0.15, 0.2) is 0 Å². The Morgan fingerprint density at radius 1 is 1.50 bits per heavy atom. The number of carbonyl (C=O) groups is 2. The molecule has 7 nitrogen and oxygen atoms in total. The number of nitro groups is 1. The van der Waals surface area contributed by atoms with Gasteiger partial charge in [0.25, 0.3) is 5.69 Å². The van der Waals surface area contributed by atoms with E-state index < -0.39 is 33.9 Å². The largest absolute Gasteiger partial charge is 0.465 e. The van der Waals surface area contributed by atoms with Crippen LogP contribution in [0.2, 0.25) is 0 Å². The van der Waals surface area contributed by atoms with Crippen LogP contribution in [0.4, 0.5) is 10.1 Å². The number of hydrogen-bond donors (Lipinski definition) is 1. The monoisotopic (exact) mass is 282 g/mol.